The molecule has 0 fully saturated rings. The quantitative estimate of drug-likeness (QED) is 0.890. The van der Waals surface area contributed by atoms with Gasteiger partial charge in [-0.1, -0.05) is 38.1 Å². The van der Waals surface area contributed by atoms with E-state index in [1.54, 1.807) is 0 Å². The maximum absolute atomic E-state index is 5.79. The molecule has 0 aliphatic carbocycles. The number of nitrogens with two attached hydrogens (primary N) is 1. The van der Waals surface area contributed by atoms with Gasteiger partial charge in [-0.3, -0.25) is 0 Å². The molecule has 0 saturated carbocycles. The standard InChI is InChI=1S/C17H23N3/c1-12-7-5-6-8-14(12)17(3,4)11-19-16-10-9-15(18)13(2)20-16/h5-10H,11,18H2,1-4H3,(H,19,20). The summed E-state index contributed by atoms with van der Waals surface area (Å²) in [6.07, 6.45) is 0. The molecule has 0 saturated heterocycles. The molecule has 0 atom stereocenters. The van der Waals surface area contributed by atoms with E-state index in [4.69, 9.17) is 5.73 Å². The minimum absolute atomic E-state index is 0.0440. The number of rotatable bonds is 4. The minimum Gasteiger partial charge on any atom is -0.397 e. The monoisotopic (exact) mass is 269 g/mol. The second kappa shape index (κ2) is 5.53. The number of aryl methyl sites for hydroxylation is 2. The number of hydrogen-bond donors (Lipinski definition) is 2. The van der Waals surface area contributed by atoms with Gasteiger partial charge in [0.25, 0.3) is 0 Å². The average Bonchev–Trinajstić information content (AvgIpc) is 2.40. The van der Waals surface area contributed by atoms with E-state index in [-0.39, 0.29) is 5.41 Å². The molecule has 0 amide bonds. The zero-order chi connectivity index (χ0) is 14.8. The number of nitrogens with zero attached hydrogens (tertiary/aromatic N) is 1. The number of aromatic nitrogens is 1. The van der Waals surface area contributed by atoms with Gasteiger partial charge in [0.15, 0.2) is 0 Å². The van der Waals surface area contributed by atoms with E-state index in [9.17, 15) is 0 Å². The molecule has 3 N–H and O–H groups in total. The molecule has 20 heavy (non-hydrogen) atoms. The zero-order valence-electron chi connectivity index (χ0n) is 12.7. The highest BCUT2D eigenvalue weighted by atomic mass is 15.0. The molecule has 1 aromatic heterocycles. The fraction of sp³-hybridized carbons (Fsp3) is 0.353. The van der Waals surface area contributed by atoms with Gasteiger partial charge in [0, 0.05) is 12.0 Å². The molecule has 2 rings (SSSR count). The Morgan fingerprint density at radius 3 is 2.45 bits per heavy atom. The highest BCUT2D eigenvalue weighted by molar-refractivity contribution is 5.49. The van der Waals surface area contributed by atoms with E-state index in [1.165, 1.54) is 11.1 Å². The van der Waals surface area contributed by atoms with Crippen LogP contribution in [0.25, 0.3) is 0 Å². The predicted molar refractivity (Wildman–Crippen MR) is 86.1 cm³/mol. The number of nitrogens with one attached hydrogen (secondary N) is 1. The average molecular weight is 269 g/mol. The Kier molecular flexibility index (Phi) is 3.98. The van der Waals surface area contributed by atoms with Crippen molar-refractivity contribution in [1.29, 1.82) is 0 Å². The summed E-state index contributed by atoms with van der Waals surface area (Å²) >= 11 is 0. The van der Waals surface area contributed by atoms with Gasteiger partial charge in [-0.25, -0.2) is 4.98 Å². The fourth-order valence-corrected chi connectivity index (χ4v) is 2.41. The van der Waals surface area contributed by atoms with Crippen LogP contribution in [0.3, 0.4) is 0 Å². The first-order chi connectivity index (χ1) is 9.40. The van der Waals surface area contributed by atoms with E-state index in [0.717, 1.165) is 23.7 Å². The Balaban J connectivity index is 2.13. The molecule has 0 radical (unpaired) electrons. The predicted octanol–water partition coefficient (Wildman–Crippen LogP) is 3.67. The van der Waals surface area contributed by atoms with Crippen LogP contribution in [0, 0.1) is 13.8 Å². The summed E-state index contributed by atoms with van der Waals surface area (Å²) in [6, 6.07) is 12.3. The molecule has 1 aromatic carbocycles. The SMILES string of the molecule is Cc1ccccc1C(C)(C)CNc1ccc(N)c(C)n1. The molecule has 3 heteroatoms. The Morgan fingerprint density at radius 2 is 1.80 bits per heavy atom. The number of hydrogen-bond acceptors (Lipinski definition) is 3. The van der Waals surface area contributed by atoms with E-state index in [1.807, 2.05) is 19.1 Å². The van der Waals surface area contributed by atoms with E-state index in [2.05, 4.69) is 55.3 Å². The third kappa shape index (κ3) is 3.10. The summed E-state index contributed by atoms with van der Waals surface area (Å²) in [5.74, 6) is 0.873. The van der Waals surface area contributed by atoms with Gasteiger partial charge in [0.1, 0.15) is 5.82 Å². The van der Waals surface area contributed by atoms with Crippen LogP contribution in [0.1, 0.15) is 30.7 Å². The Labute approximate surface area is 121 Å². The lowest BCUT2D eigenvalue weighted by molar-refractivity contribution is 0.552. The smallest absolute Gasteiger partial charge is 0.126 e. The van der Waals surface area contributed by atoms with Crippen molar-refractivity contribution in [2.75, 3.05) is 17.6 Å². The Bertz CT molecular complexity index is 603. The van der Waals surface area contributed by atoms with E-state index >= 15 is 0 Å². The summed E-state index contributed by atoms with van der Waals surface area (Å²) in [5.41, 5.74) is 10.1. The molecule has 106 valence electrons. The zero-order valence-corrected chi connectivity index (χ0v) is 12.7. The van der Waals surface area contributed by atoms with Crippen LogP contribution < -0.4 is 11.1 Å². The molecule has 0 unspecified atom stereocenters. The summed E-state index contributed by atoms with van der Waals surface area (Å²) in [5, 5.41) is 3.41. The summed E-state index contributed by atoms with van der Waals surface area (Å²) < 4.78 is 0. The van der Waals surface area contributed by atoms with Gasteiger partial charge < -0.3 is 11.1 Å². The molecule has 1 heterocycles. The Hall–Kier alpha value is -2.03. The lowest BCUT2D eigenvalue weighted by Gasteiger charge is -2.27. The molecule has 0 aliphatic rings. The highest BCUT2D eigenvalue weighted by Crippen LogP contribution is 2.26. The third-order valence-electron chi connectivity index (χ3n) is 3.71. The van der Waals surface area contributed by atoms with Gasteiger partial charge in [0.05, 0.1) is 11.4 Å². The van der Waals surface area contributed by atoms with Crippen LogP contribution in [0.5, 0.6) is 0 Å². The van der Waals surface area contributed by atoms with Gasteiger partial charge in [-0.2, -0.15) is 0 Å². The van der Waals surface area contributed by atoms with Crippen LogP contribution in [-0.2, 0) is 5.41 Å². The van der Waals surface area contributed by atoms with Crippen LogP contribution in [0.15, 0.2) is 36.4 Å². The fourth-order valence-electron chi connectivity index (χ4n) is 2.41. The van der Waals surface area contributed by atoms with Crippen molar-refractivity contribution in [3.8, 4) is 0 Å². The third-order valence-corrected chi connectivity index (χ3v) is 3.71. The second-order valence-electron chi connectivity index (χ2n) is 5.92. The van der Waals surface area contributed by atoms with Crippen LogP contribution in [0.2, 0.25) is 0 Å². The lowest BCUT2D eigenvalue weighted by Crippen LogP contribution is -2.28. The molecule has 0 spiro atoms. The maximum Gasteiger partial charge on any atom is 0.126 e. The van der Waals surface area contributed by atoms with Crippen molar-refractivity contribution in [2.24, 2.45) is 0 Å². The first kappa shape index (κ1) is 14.4. The van der Waals surface area contributed by atoms with Crippen molar-refractivity contribution in [3.63, 3.8) is 0 Å². The van der Waals surface area contributed by atoms with Gasteiger partial charge in [-0.05, 0) is 37.1 Å². The number of pyridine rings is 1. The normalized spacial score (nSPS) is 11.4. The van der Waals surface area contributed by atoms with Crippen molar-refractivity contribution in [1.82, 2.24) is 4.98 Å². The molecule has 2 aromatic rings. The van der Waals surface area contributed by atoms with Gasteiger partial charge in [0.2, 0.25) is 0 Å². The van der Waals surface area contributed by atoms with Crippen LogP contribution in [-0.4, -0.2) is 11.5 Å². The molecule has 0 aliphatic heterocycles. The molecular weight excluding hydrogens is 246 g/mol. The first-order valence-corrected chi connectivity index (χ1v) is 6.93. The summed E-state index contributed by atoms with van der Waals surface area (Å²) in [7, 11) is 0. The van der Waals surface area contributed by atoms with E-state index in [0.29, 0.717) is 0 Å². The molecular formula is C17H23N3. The van der Waals surface area contributed by atoms with E-state index < -0.39 is 0 Å². The molecule has 3 nitrogen and oxygen atoms in total. The highest BCUT2D eigenvalue weighted by Gasteiger charge is 2.22. The summed E-state index contributed by atoms with van der Waals surface area (Å²) in [6.45, 7) is 9.39. The molecule has 0 bridgehead atoms. The van der Waals surface area contributed by atoms with Crippen molar-refractivity contribution >= 4 is 11.5 Å². The van der Waals surface area contributed by atoms with Crippen molar-refractivity contribution in [2.45, 2.75) is 33.1 Å². The Morgan fingerprint density at radius 1 is 1.10 bits per heavy atom. The first-order valence-electron chi connectivity index (χ1n) is 6.93. The number of benzene rings is 1. The minimum atomic E-state index is 0.0440. The topological polar surface area (TPSA) is 50.9 Å². The second-order valence-corrected chi connectivity index (χ2v) is 5.92. The number of anilines is 2. The lowest BCUT2D eigenvalue weighted by atomic mass is 9.82. The number of nitrogen functional groups attached to an aromatic ring is 1. The van der Waals surface area contributed by atoms with Crippen LogP contribution >= 0.6 is 0 Å². The maximum atomic E-state index is 5.79. The summed E-state index contributed by atoms with van der Waals surface area (Å²) in [4.78, 5) is 4.46. The van der Waals surface area contributed by atoms with Crippen molar-refractivity contribution < 1.29 is 0 Å². The largest absolute Gasteiger partial charge is 0.397 e. The van der Waals surface area contributed by atoms with Crippen molar-refractivity contribution in [3.05, 3.63) is 53.2 Å². The van der Waals surface area contributed by atoms with Crippen LogP contribution in [0.4, 0.5) is 11.5 Å². The van der Waals surface area contributed by atoms with Gasteiger partial charge >= 0.3 is 0 Å². The van der Waals surface area contributed by atoms with Gasteiger partial charge in [-0.15, -0.1) is 0 Å².